The summed E-state index contributed by atoms with van der Waals surface area (Å²) in [5.74, 6) is -2.38. The van der Waals surface area contributed by atoms with Crippen molar-refractivity contribution in [2.75, 3.05) is 0 Å². The molecule has 96 valence electrons. The van der Waals surface area contributed by atoms with Crippen LogP contribution in [0, 0.1) is 12.8 Å². The summed E-state index contributed by atoms with van der Waals surface area (Å²) >= 11 is 1.67. The number of hydrogen-bond acceptors (Lipinski definition) is 2. The number of alkyl halides is 2. The highest BCUT2D eigenvalue weighted by Crippen LogP contribution is 2.40. The van der Waals surface area contributed by atoms with E-state index in [0.29, 0.717) is 12.8 Å². The Hall–Kier alpha value is -0.480. The summed E-state index contributed by atoms with van der Waals surface area (Å²) in [4.78, 5) is 2.35. The van der Waals surface area contributed by atoms with Gasteiger partial charge in [0.25, 0.3) is 0 Å². The van der Waals surface area contributed by atoms with Crippen LogP contribution in [0.25, 0.3) is 0 Å². The van der Waals surface area contributed by atoms with E-state index < -0.39 is 5.92 Å². The van der Waals surface area contributed by atoms with Crippen LogP contribution in [0.1, 0.15) is 47.9 Å². The molecule has 2 atom stereocenters. The lowest BCUT2D eigenvalue weighted by molar-refractivity contribution is -0.0543. The first-order chi connectivity index (χ1) is 7.96. The molecule has 4 heteroatoms. The van der Waals surface area contributed by atoms with E-state index in [2.05, 4.69) is 0 Å². The highest BCUT2D eigenvalue weighted by Gasteiger charge is 2.36. The van der Waals surface area contributed by atoms with Crippen LogP contribution in [0.3, 0.4) is 0 Å². The third-order valence-corrected chi connectivity index (χ3v) is 4.59. The zero-order valence-corrected chi connectivity index (χ0v) is 10.9. The third kappa shape index (κ3) is 3.49. The number of aryl methyl sites for hydroxylation is 1. The van der Waals surface area contributed by atoms with E-state index in [-0.39, 0.29) is 24.8 Å². The summed E-state index contributed by atoms with van der Waals surface area (Å²) < 4.78 is 26.5. The number of thiophene rings is 1. The van der Waals surface area contributed by atoms with Crippen LogP contribution in [0.2, 0.25) is 0 Å². The highest BCUT2D eigenvalue weighted by atomic mass is 32.1. The Morgan fingerprint density at radius 1 is 1.53 bits per heavy atom. The summed E-state index contributed by atoms with van der Waals surface area (Å²) in [6, 6.07) is 3.98. The lowest BCUT2D eigenvalue weighted by Gasteiger charge is -2.30. The van der Waals surface area contributed by atoms with Crippen LogP contribution in [0.4, 0.5) is 8.78 Å². The van der Waals surface area contributed by atoms with Crippen LogP contribution in [0.5, 0.6) is 0 Å². The second kappa shape index (κ2) is 5.02. The van der Waals surface area contributed by atoms with Crippen molar-refractivity contribution in [3.63, 3.8) is 0 Å². The molecular weight excluding hydrogens is 240 g/mol. The van der Waals surface area contributed by atoms with E-state index >= 15 is 0 Å². The second-order valence-corrected chi connectivity index (χ2v) is 6.43. The fourth-order valence-electron chi connectivity index (χ4n) is 2.60. The van der Waals surface area contributed by atoms with Crippen molar-refractivity contribution < 1.29 is 8.78 Å². The molecule has 1 aliphatic rings. The Bertz CT molecular complexity index is 375. The van der Waals surface area contributed by atoms with E-state index in [1.807, 2.05) is 19.1 Å². The molecule has 0 radical (unpaired) electrons. The Morgan fingerprint density at radius 2 is 2.29 bits per heavy atom. The fourth-order valence-corrected chi connectivity index (χ4v) is 3.50. The summed E-state index contributed by atoms with van der Waals surface area (Å²) in [5, 5.41) is 0. The molecule has 1 fully saturated rings. The van der Waals surface area contributed by atoms with Crippen molar-refractivity contribution in [2.45, 2.75) is 51.0 Å². The molecule has 1 heterocycles. The molecule has 1 aromatic rings. The maximum Gasteiger partial charge on any atom is 0.248 e. The van der Waals surface area contributed by atoms with Crippen molar-refractivity contribution in [1.82, 2.24) is 0 Å². The molecule has 0 spiro atoms. The molecule has 2 unspecified atom stereocenters. The molecule has 0 bridgehead atoms. The van der Waals surface area contributed by atoms with Crippen molar-refractivity contribution >= 4 is 11.3 Å². The van der Waals surface area contributed by atoms with E-state index in [1.165, 1.54) is 4.88 Å². The van der Waals surface area contributed by atoms with Crippen LogP contribution in [-0.2, 0) is 0 Å². The number of halogens is 2. The van der Waals surface area contributed by atoms with Gasteiger partial charge in [0.2, 0.25) is 5.92 Å². The summed E-state index contributed by atoms with van der Waals surface area (Å²) in [6.45, 7) is 2.04. The van der Waals surface area contributed by atoms with Gasteiger partial charge < -0.3 is 5.73 Å². The molecule has 0 aromatic carbocycles. The molecule has 1 nitrogen and oxygen atoms in total. The first kappa shape index (κ1) is 13.0. The van der Waals surface area contributed by atoms with Gasteiger partial charge in [0.1, 0.15) is 0 Å². The largest absolute Gasteiger partial charge is 0.323 e. The quantitative estimate of drug-likeness (QED) is 0.861. The number of hydrogen-bond donors (Lipinski definition) is 1. The second-order valence-electron chi connectivity index (χ2n) is 5.11. The monoisotopic (exact) mass is 259 g/mol. The normalized spacial score (nSPS) is 25.8. The van der Waals surface area contributed by atoms with E-state index in [4.69, 9.17) is 5.73 Å². The molecule has 1 saturated carbocycles. The molecule has 1 aliphatic carbocycles. The zero-order valence-electron chi connectivity index (χ0n) is 10.1. The van der Waals surface area contributed by atoms with Gasteiger partial charge in [0.15, 0.2) is 0 Å². The van der Waals surface area contributed by atoms with Crippen molar-refractivity contribution in [1.29, 1.82) is 0 Å². The fraction of sp³-hybridized carbons (Fsp3) is 0.692. The van der Waals surface area contributed by atoms with Gasteiger partial charge in [-0.2, -0.15) is 0 Å². The summed E-state index contributed by atoms with van der Waals surface area (Å²) in [5.41, 5.74) is 6.09. The molecule has 2 rings (SSSR count). The molecule has 1 aromatic heterocycles. The minimum Gasteiger partial charge on any atom is -0.323 e. The van der Waals surface area contributed by atoms with Crippen molar-refractivity contribution in [3.05, 3.63) is 21.9 Å². The Kier molecular flexibility index (Phi) is 3.83. The van der Waals surface area contributed by atoms with Gasteiger partial charge in [0, 0.05) is 28.6 Å². The molecule has 0 amide bonds. The SMILES string of the molecule is Cc1ccc(C(N)CC2CCCC(F)(F)C2)s1. The summed E-state index contributed by atoms with van der Waals surface area (Å²) in [7, 11) is 0. The van der Waals surface area contributed by atoms with E-state index in [9.17, 15) is 8.78 Å². The van der Waals surface area contributed by atoms with Crippen molar-refractivity contribution in [2.24, 2.45) is 11.7 Å². The van der Waals surface area contributed by atoms with Crippen LogP contribution < -0.4 is 5.73 Å². The topological polar surface area (TPSA) is 26.0 Å². The van der Waals surface area contributed by atoms with Crippen LogP contribution >= 0.6 is 11.3 Å². The lowest BCUT2D eigenvalue weighted by Crippen LogP contribution is -2.28. The molecule has 2 N–H and O–H groups in total. The van der Waals surface area contributed by atoms with Gasteiger partial charge in [-0.15, -0.1) is 11.3 Å². The van der Waals surface area contributed by atoms with Crippen molar-refractivity contribution in [3.8, 4) is 0 Å². The Morgan fingerprint density at radius 3 is 2.88 bits per heavy atom. The van der Waals surface area contributed by atoms with Gasteiger partial charge in [-0.1, -0.05) is 0 Å². The summed E-state index contributed by atoms with van der Waals surface area (Å²) in [6.07, 6.45) is 2.29. The first-order valence-corrected chi connectivity index (χ1v) is 6.98. The predicted molar refractivity (Wildman–Crippen MR) is 67.5 cm³/mol. The van der Waals surface area contributed by atoms with Gasteiger partial charge >= 0.3 is 0 Å². The third-order valence-electron chi connectivity index (χ3n) is 3.46. The lowest BCUT2D eigenvalue weighted by atomic mass is 9.82. The number of rotatable bonds is 3. The van der Waals surface area contributed by atoms with Crippen LogP contribution in [-0.4, -0.2) is 5.92 Å². The molecular formula is C13H19F2NS. The van der Waals surface area contributed by atoms with E-state index in [1.54, 1.807) is 11.3 Å². The number of nitrogens with two attached hydrogens (primary N) is 1. The van der Waals surface area contributed by atoms with Crippen LogP contribution in [0.15, 0.2) is 12.1 Å². The van der Waals surface area contributed by atoms with Gasteiger partial charge in [-0.05, 0) is 44.2 Å². The highest BCUT2D eigenvalue weighted by molar-refractivity contribution is 7.12. The first-order valence-electron chi connectivity index (χ1n) is 6.16. The minimum atomic E-state index is -2.46. The zero-order chi connectivity index (χ0) is 12.5. The van der Waals surface area contributed by atoms with E-state index in [0.717, 1.165) is 11.3 Å². The average molecular weight is 259 g/mol. The smallest absolute Gasteiger partial charge is 0.248 e. The van der Waals surface area contributed by atoms with Gasteiger partial charge in [0.05, 0.1) is 0 Å². The average Bonchev–Trinajstić information content (AvgIpc) is 2.63. The van der Waals surface area contributed by atoms with Gasteiger partial charge in [-0.25, -0.2) is 8.78 Å². The predicted octanol–water partition coefficient (Wildman–Crippen LogP) is 4.27. The Balaban J connectivity index is 1.92. The van der Waals surface area contributed by atoms with Gasteiger partial charge in [-0.3, -0.25) is 0 Å². The molecule has 0 aliphatic heterocycles. The minimum absolute atomic E-state index is 0.0189. The maximum atomic E-state index is 13.3. The molecule has 17 heavy (non-hydrogen) atoms. The standard InChI is InChI=1S/C13H19F2NS/c1-9-4-5-12(17-9)11(16)7-10-3-2-6-13(14,15)8-10/h4-5,10-11H,2-3,6-8,16H2,1H3. The molecule has 0 saturated heterocycles. The maximum absolute atomic E-state index is 13.3. The Labute approximate surface area is 105 Å².